The maximum Gasteiger partial charge on any atom is 0.289 e. The molecule has 0 unspecified atom stereocenters. The van der Waals surface area contributed by atoms with Crippen LogP contribution in [0.5, 0.6) is 0 Å². The molecular formula is C15H11BrClN5O3S2. The molecule has 0 radical (unpaired) electrons. The number of amides is 1. The summed E-state index contributed by atoms with van der Waals surface area (Å²) in [6.07, 6.45) is 0. The van der Waals surface area contributed by atoms with E-state index < -0.39 is 4.92 Å². The van der Waals surface area contributed by atoms with Gasteiger partial charge in [0.15, 0.2) is 11.0 Å². The number of rotatable bonds is 6. The first-order chi connectivity index (χ1) is 12.8. The molecule has 0 fully saturated rings. The van der Waals surface area contributed by atoms with Crippen LogP contribution < -0.4 is 5.32 Å². The summed E-state index contributed by atoms with van der Waals surface area (Å²) in [6, 6.07) is 6.05. The van der Waals surface area contributed by atoms with Gasteiger partial charge in [0.2, 0.25) is 5.91 Å². The number of thiophene rings is 1. The highest BCUT2D eigenvalue weighted by atomic mass is 79.9. The third kappa shape index (κ3) is 4.67. The second kappa shape index (κ2) is 8.38. The van der Waals surface area contributed by atoms with Crippen LogP contribution in [0, 0.1) is 10.1 Å². The van der Waals surface area contributed by atoms with Crippen molar-refractivity contribution >= 4 is 67.9 Å². The van der Waals surface area contributed by atoms with Gasteiger partial charge in [0.05, 0.1) is 15.6 Å². The van der Waals surface area contributed by atoms with E-state index in [4.69, 9.17) is 11.6 Å². The Balaban J connectivity index is 1.64. The Morgan fingerprint density at radius 1 is 1.44 bits per heavy atom. The van der Waals surface area contributed by atoms with E-state index in [1.165, 1.54) is 41.3 Å². The van der Waals surface area contributed by atoms with Gasteiger partial charge in [-0.3, -0.25) is 14.9 Å². The Morgan fingerprint density at radius 2 is 2.22 bits per heavy atom. The van der Waals surface area contributed by atoms with Crippen molar-refractivity contribution < 1.29 is 9.72 Å². The zero-order chi connectivity index (χ0) is 19.6. The van der Waals surface area contributed by atoms with Gasteiger partial charge in [-0.25, -0.2) is 0 Å². The standard InChI is InChI=1S/C15H11BrClN5O3S2/c1-21-14(12-4-8(16)6-26-12)19-20-15(21)27-7-13(23)18-9-2-3-10(17)11(5-9)22(24)25/h2-6H,7H2,1H3,(H,18,23). The van der Waals surface area contributed by atoms with Crippen LogP contribution >= 0.6 is 50.6 Å². The first-order valence-corrected chi connectivity index (χ1v) is 10.4. The summed E-state index contributed by atoms with van der Waals surface area (Å²) in [6.45, 7) is 0. The predicted molar refractivity (Wildman–Crippen MR) is 109 cm³/mol. The lowest BCUT2D eigenvalue weighted by molar-refractivity contribution is -0.384. The third-order valence-electron chi connectivity index (χ3n) is 3.38. The fraction of sp³-hybridized carbons (Fsp3) is 0.133. The summed E-state index contributed by atoms with van der Waals surface area (Å²) in [5.74, 6) is 0.471. The maximum atomic E-state index is 12.1. The van der Waals surface area contributed by atoms with Crippen molar-refractivity contribution in [3.05, 3.63) is 49.3 Å². The molecule has 27 heavy (non-hydrogen) atoms. The number of carbonyl (C=O) groups excluding carboxylic acids is 1. The number of nitrogens with one attached hydrogen (secondary N) is 1. The van der Waals surface area contributed by atoms with E-state index in [0.29, 0.717) is 16.7 Å². The van der Waals surface area contributed by atoms with Crippen LogP contribution in [0.15, 0.2) is 39.3 Å². The minimum absolute atomic E-state index is 0.0131. The van der Waals surface area contributed by atoms with Crippen molar-refractivity contribution in [2.75, 3.05) is 11.1 Å². The van der Waals surface area contributed by atoms with Crippen molar-refractivity contribution in [3.63, 3.8) is 0 Å². The molecular weight excluding hydrogens is 478 g/mol. The molecule has 1 N–H and O–H groups in total. The summed E-state index contributed by atoms with van der Waals surface area (Å²) in [7, 11) is 1.83. The van der Waals surface area contributed by atoms with E-state index >= 15 is 0 Å². The molecule has 0 bridgehead atoms. The van der Waals surface area contributed by atoms with E-state index in [9.17, 15) is 14.9 Å². The largest absolute Gasteiger partial charge is 0.325 e. The predicted octanol–water partition coefficient (Wildman–Crippen LogP) is 4.60. The fourth-order valence-electron chi connectivity index (χ4n) is 2.14. The first kappa shape index (κ1) is 19.8. The Hall–Kier alpha value is -1.95. The minimum atomic E-state index is -0.600. The van der Waals surface area contributed by atoms with Crippen molar-refractivity contribution in [2.45, 2.75) is 5.16 Å². The SMILES string of the molecule is Cn1c(SCC(=O)Nc2ccc(Cl)c([N+](=O)[O-])c2)nnc1-c1cc(Br)cs1. The van der Waals surface area contributed by atoms with Gasteiger partial charge in [-0.05, 0) is 34.1 Å². The average molecular weight is 489 g/mol. The van der Waals surface area contributed by atoms with Crippen LogP contribution in [0.2, 0.25) is 5.02 Å². The van der Waals surface area contributed by atoms with Gasteiger partial charge < -0.3 is 9.88 Å². The van der Waals surface area contributed by atoms with Gasteiger partial charge in [-0.1, -0.05) is 23.4 Å². The van der Waals surface area contributed by atoms with Gasteiger partial charge in [-0.15, -0.1) is 21.5 Å². The van der Waals surface area contributed by atoms with Crippen LogP contribution in [0.1, 0.15) is 0 Å². The summed E-state index contributed by atoms with van der Waals surface area (Å²) in [5, 5.41) is 24.4. The van der Waals surface area contributed by atoms with Gasteiger partial charge in [0.1, 0.15) is 5.02 Å². The van der Waals surface area contributed by atoms with Crippen LogP contribution in [0.3, 0.4) is 0 Å². The second-order valence-corrected chi connectivity index (χ2v) is 8.43. The number of hydrogen-bond acceptors (Lipinski definition) is 7. The normalized spacial score (nSPS) is 10.8. The number of carbonyl (C=O) groups is 1. The Kier molecular flexibility index (Phi) is 6.15. The van der Waals surface area contributed by atoms with E-state index in [1.807, 2.05) is 23.1 Å². The molecule has 140 valence electrons. The van der Waals surface area contributed by atoms with Crippen molar-refractivity contribution in [1.29, 1.82) is 0 Å². The zero-order valence-electron chi connectivity index (χ0n) is 13.7. The van der Waals surface area contributed by atoms with E-state index in [2.05, 4.69) is 31.4 Å². The van der Waals surface area contributed by atoms with E-state index in [0.717, 1.165) is 9.35 Å². The highest BCUT2D eigenvalue weighted by Crippen LogP contribution is 2.30. The van der Waals surface area contributed by atoms with Gasteiger partial charge in [0.25, 0.3) is 5.69 Å². The molecule has 0 saturated carbocycles. The number of hydrogen-bond donors (Lipinski definition) is 1. The summed E-state index contributed by atoms with van der Waals surface area (Å²) < 4.78 is 2.78. The lowest BCUT2D eigenvalue weighted by Crippen LogP contribution is -2.14. The number of nitro benzene ring substituents is 1. The van der Waals surface area contributed by atoms with E-state index in [1.54, 1.807) is 0 Å². The van der Waals surface area contributed by atoms with E-state index in [-0.39, 0.29) is 22.4 Å². The summed E-state index contributed by atoms with van der Waals surface area (Å²) >= 11 is 11.9. The lowest BCUT2D eigenvalue weighted by Gasteiger charge is -2.06. The molecule has 12 heteroatoms. The molecule has 0 spiro atoms. The van der Waals surface area contributed by atoms with Crippen LogP contribution in [-0.2, 0) is 11.8 Å². The number of nitrogens with zero attached hydrogens (tertiary/aromatic N) is 4. The summed E-state index contributed by atoms with van der Waals surface area (Å²) in [4.78, 5) is 23.4. The zero-order valence-corrected chi connectivity index (χ0v) is 17.7. The molecule has 3 aromatic rings. The molecule has 8 nitrogen and oxygen atoms in total. The maximum absolute atomic E-state index is 12.1. The molecule has 0 aliphatic heterocycles. The molecule has 2 heterocycles. The van der Waals surface area contributed by atoms with Crippen LogP contribution in [0.25, 0.3) is 10.7 Å². The van der Waals surface area contributed by atoms with Gasteiger partial charge in [-0.2, -0.15) is 0 Å². The highest BCUT2D eigenvalue weighted by Gasteiger charge is 2.16. The molecule has 1 aromatic carbocycles. The lowest BCUT2D eigenvalue weighted by atomic mass is 10.3. The van der Waals surface area contributed by atoms with Crippen molar-refractivity contribution in [3.8, 4) is 10.7 Å². The smallest absolute Gasteiger partial charge is 0.289 e. The van der Waals surface area contributed by atoms with Crippen molar-refractivity contribution in [2.24, 2.45) is 7.05 Å². The molecule has 1 amide bonds. The third-order valence-corrected chi connectivity index (χ3v) is 6.41. The number of anilines is 1. The highest BCUT2D eigenvalue weighted by molar-refractivity contribution is 9.10. The number of nitro groups is 1. The molecule has 0 saturated heterocycles. The molecule has 0 atom stereocenters. The minimum Gasteiger partial charge on any atom is -0.325 e. The Morgan fingerprint density at radius 3 is 2.89 bits per heavy atom. The fourth-order valence-corrected chi connectivity index (χ4v) is 4.49. The topological polar surface area (TPSA) is 103 Å². The molecule has 0 aliphatic carbocycles. The van der Waals surface area contributed by atoms with Gasteiger partial charge >= 0.3 is 0 Å². The van der Waals surface area contributed by atoms with Crippen molar-refractivity contribution in [1.82, 2.24) is 14.8 Å². The Labute approximate surface area is 175 Å². The number of aromatic nitrogens is 3. The monoisotopic (exact) mass is 487 g/mol. The second-order valence-electron chi connectivity index (χ2n) is 5.25. The quantitative estimate of drug-likeness (QED) is 0.309. The van der Waals surface area contributed by atoms with Crippen LogP contribution in [0.4, 0.5) is 11.4 Å². The van der Waals surface area contributed by atoms with Crippen LogP contribution in [-0.4, -0.2) is 31.3 Å². The Bertz CT molecular complexity index is 1020. The number of halogens is 2. The molecule has 0 aliphatic rings. The summed E-state index contributed by atoms with van der Waals surface area (Å²) in [5.41, 5.74) is 0.0426. The first-order valence-electron chi connectivity index (χ1n) is 7.35. The molecule has 3 rings (SSSR count). The number of benzene rings is 1. The molecule has 2 aromatic heterocycles. The van der Waals surface area contributed by atoms with Gasteiger partial charge in [0, 0.05) is 28.7 Å². The number of thioether (sulfide) groups is 1. The average Bonchev–Trinajstić information content (AvgIpc) is 3.20.